The summed E-state index contributed by atoms with van der Waals surface area (Å²) in [5, 5.41) is 0. The van der Waals surface area contributed by atoms with Gasteiger partial charge in [-0.3, -0.25) is 0 Å². The van der Waals surface area contributed by atoms with Gasteiger partial charge >= 0.3 is 0 Å². The minimum Gasteiger partial charge on any atom is -0.494 e. The zero-order chi connectivity index (χ0) is 10.9. The fourth-order valence-electron chi connectivity index (χ4n) is 1.43. The van der Waals surface area contributed by atoms with Gasteiger partial charge in [-0.2, -0.15) is 0 Å². The summed E-state index contributed by atoms with van der Waals surface area (Å²) in [6.07, 6.45) is 6.52. The minimum absolute atomic E-state index is 0.800. The highest BCUT2D eigenvalue weighted by Crippen LogP contribution is 2.14. The number of rotatable bonds is 7. The van der Waals surface area contributed by atoms with Crippen LogP contribution in [0.4, 0.5) is 0 Å². The van der Waals surface area contributed by atoms with Gasteiger partial charge in [-0.1, -0.05) is 51.0 Å². The second-order valence-electron chi connectivity index (χ2n) is 3.65. The van der Waals surface area contributed by atoms with E-state index in [1.54, 1.807) is 6.08 Å². The van der Waals surface area contributed by atoms with Gasteiger partial charge in [0.1, 0.15) is 5.75 Å². The van der Waals surface area contributed by atoms with E-state index < -0.39 is 0 Å². The summed E-state index contributed by atoms with van der Waals surface area (Å²) in [6, 6.07) is 7.84. The highest BCUT2D eigenvalue weighted by atomic mass is 16.5. The van der Waals surface area contributed by atoms with E-state index in [9.17, 15) is 0 Å². The molecular formula is C14H19O. The summed E-state index contributed by atoms with van der Waals surface area (Å²) >= 11 is 0. The lowest BCUT2D eigenvalue weighted by atomic mass is 10.2. The summed E-state index contributed by atoms with van der Waals surface area (Å²) in [7, 11) is 0. The zero-order valence-corrected chi connectivity index (χ0v) is 9.41. The van der Waals surface area contributed by atoms with Crippen LogP contribution in [0.1, 0.15) is 38.2 Å². The van der Waals surface area contributed by atoms with Crippen LogP contribution in [-0.4, -0.2) is 6.61 Å². The Bertz CT molecular complexity index is 291. The van der Waals surface area contributed by atoms with E-state index in [1.807, 2.05) is 24.3 Å². The Balaban J connectivity index is 2.27. The van der Waals surface area contributed by atoms with Crippen molar-refractivity contribution in [2.24, 2.45) is 0 Å². The van der Waals surface area contributed by atoms with Gasteiger partial charge in [-0.15, -0.1) is 0 Å². The smallest absolute Gasteiger partial charge is 0.119 e. The molecular weight excluding hydrogens is 184 g/mol. The highest BCUT2D eigenvalue weighted by molar-refractivity contribution is 5.48. The molecule has 0 heterocycles. The van der Waals surface area contributed by atoms with E-state index in [1.165, 1.54) is 19.3 Å². The van der Waals surface area contributed by atoms with Crippen LogP contribution in [0.25, 0.3) is 6.08 Å². The van der Waals surface area contributed by atoms with Crippen LogP contribution >= 0.6 is 0 Å². The molecule has 0 spiro atoms. The maximum Gasteiger partial charge on any atom is 0.119 e. The highest BCUT2D eigenvalue weighted by Gasteiger charge is 1.94. The van der Waals surface area contributed by atoms with Crippen LogP contribution in [0.3, 0.4) is 0 Å². The van der Waals surface area contributed by atoms with Crippen molar-refractivity contribution in [1.82, 2.24) is 0 Å². The number of unbranched alkanes of at least 4 members (excludes halogenated alkanes) is 3. The molecule has 0 amide bonds. The first kappa shape index (κ1) is 11.8. The summed E-state index contributed by atoms with van der Waals surface area (Å²) in [4.78, 5) is 0. The Morgan fingerprint density at radius 3 is 2.87 bits per heavy atom. The molecule has 1 aromatic rings. The third kappa shape index (κ3) is 4.68. The maximum atomic E-state index is 5.62. The third-order valence-corrected chi connectivity index (χ3v) is 2.32. The first-order chi connectivity index (χ1) is 7.36. The van der Waals surface area contributed by atoms with E-state index in [4.69, 9.17) is 11.3 Å². The quantitative estimate of drug-likeness (QED) is 0.606. The second-order valence-corrected chi connectivity index (χ2v) is 3.65. The molecule has 0 aromatic heterocycles. The lowest BCUT2D eigenvalue weighted by Crippen LogP contribution is -1.97. The maximum absolute atomic E-state index is 5.62. The normalized spacial score (nSPS) is 9.93. The molecule has 1 rings (SSSR count). The number of hydrogen-bond donors (Lipinski definition) is 0. The molecule has 0 aliphatic heterocycles. The molecule has 0 unspecified atom stereocenters. The number of ether oxygens (including phenoxy) is 1. The molecule has 1 heteroatoms. The van der Waals surface area contributed by atoms with Crippen LogP contribution in [0.5, 0.6) is 5.75 Å². The van der Waals surface area contributed by atoms with Crippen molar-refractivity contribution < 1.29 is 4.74 Å². The lowest BCUT2D eigenvalue weighted by molar-refractivity contribution is 0.305. The predicted octanol–water partition coefficient (Wildman–Crippen LogP) is 4.09. The van der Waals surface area contributed by atoms with Crippen molar-refractivity contribution in [3.63, 3.8) is 0 Å². The molecule has 0 fully saturated rings. The topological polar surface area (TPSA) is 9.23 Å². The van der Waals surface area contributed by atoms with Crippen molar-refractivity contribution >= 4 is 6.08 Å². The fourth-order valence-corrected chi connectivity index (χ4v) is 1.43. The van der Waals surface area contributed by atoms with E-state index >= 15 is 0 Å². The number of hydrogen-bond acceptors (Lipinski definition) is 1. The molecule has 0 aliphatic rings. The number of benzene rings is 1. The van der Waals surface area contributed by atoms with Gasteiger partial charge < -0.3 is 4.74 Å². The van der Waals surface area contributed by atoms with E-state index in [2.05, 4.69) is 6.92 Å². The SMILES string of the molecule is [CH]=Cc1cccc(OCCCCCC)c1. The van der Waals surface area contributed by atoms with Gasteiger partial charge in [0.2, 0.25) is 0 Å². The summed E-state index contributed by atoms with van der Waals surface area (Å²) in [5.41, 5.74) is 1.00. The van der Waals surface area contributed by atoms with E-state index in [0.717, 1.165) is 24.3 Å². The molecule has 0 saturated heterocycles. The van der Waals surface area contributed by atoms with Crippen LogP contribution in [0.2, 0.25) is 0 Å². The Kier molecular flexibility index (Phi) is 5.60. The van der Waals surface area contributed by atoms with Crippen LogP contribution in [-0.2, 0) is 0 Å². The van der Waals surface area contributed by atoms with Crippen LogP contribution in [0, 0.1) is 6.58 Å². The zero-order valence-electron chi connectivity index (χ0n) is 9.41. The van der Waals surface area contributed by atoms with Gasteiger partial charge in [0, 0.05) is 0 Å². The fraction of sp³-hybridized carbons (Fsp3) is 0.429. The average molecular weight is 203 g/mol. The van der Waals surface area contributed by atoms with E-state index in [-0.39, 0.29) is 0 Å². The van der Waals surface area contributed by atoms with Gasteiger partial charge in [-0.05, 0) is 24.1 Å². The standard InChI is InChI=1S/C14H19O/c1-3-5-6-7-11-15-14-10-8-9-13(4-2)12-14/h2,4,8-10,12H,3,5-7,11H2,1H3. The Morgan fingerprint density at radius 1 is 1.27 bits per heavy atom. The van der Waals surface area contributed by atoms with Crippen LogP contribution in [0.15, 0.2) is 24.3 Å². The molecule has 0 aliphatic carbocycles. The van der Waals surface area contributed by atoms with Crippen molar-refractivity contribution in [3.05, 3.63) is 36.4 Å². The van der Waals surface area contributed by atoms with Gasteiger partial charge in [0.25, 0.3) is 0 Å². The Hall–Kier alpha value is -1.24. The predicted molar refractivity (Wildman–Crippen MR) is 64.8 cm³/mol. The van der Waals surface area contributed by atoms with Crippen molar-refractivity contribution in [2.75, 3.05) is 6.61 Å². The molecule has 0 bridgehead atoms. The molecule has 1 aromatic carbocycles. The molecule has 0 atom stereocenters. The molecule has 81 valence electrons. The first-order valence-electron chi connectivity index (χ1n) is 5.64. The van der Waals surface area contributed by atoms with Gasteiger partial charge in [-0.25, -0.2) is 0 Å². The van der Waals surface area contributed by atoms with Crippen LogP contribution < -0.4 is 4.74 Å². The third-order valence-electron chi connectivity index (χ3n) is 2.32. The van der Waals surface area contributed by atoms with Crippen molar-refractivity contribution in [1.29, 1.82) is 0 Å². The van der Waals surface area contributed by atoms with Crippen molar-refractivity contribution in [2.45, 2.75) is 32.6 Å². The second kappa shape index (κ2) is 7.10. The Morgan fingerprint density at radius 2 is 2.13 bits per heavy atom. The molecule has 0 N–H and O–H groups in total. The first-order valence-corrected chi connectivity index (χ1v) is 5.64. The van der Waals surface area contributed by atoms with E-state index in [0.29, 0.717) is 0 Å². The monoisotopic (exact) mass is 203 g/mol. The summed E-state index contributed by atoms with van der Waals surface area (Å²) in [6.45, 7) is 8.44. The summed E-state index contributed by atoms with van der Waals surface area (Å²) < 4.78 is 5.62. The molecule has 1 radical (unpaired) electrons. The average Bonchev–Trinajstić information content (AvgIpc) is 2.29. The lowest BCUT2D eigenvalue weighted by Gasteiger charge is -2.06. The molecule has 15 heavy (non-hydrogen) atoms. The van der Waals surface area contributed by atoms with Gasteiger partial charge in [0.05, 0.1) is 6.61 Å². The molecule has 1 nitrogen and oxygen atoms in total. The largest absolute Gasteiger partial charge is 0.494 e. The Labute approximate surface area is 92.8 Å². The summed E-state index contributed by atoms with van der Waals surface area (Å²) in [5.74, 6) is 0.908. The minimum atomic E-state index is 0.800. The molecule has 0 saturated carbocycles. The van der Waals surface area contributed by atoms with Gasteiger partial charge in [0.15, 0.2) is 0 Å². The van der Waals surface area contributed by atoms with Crippen molar-refractivity contribution in [3.8, 4) is 5.75 Å².